The molecule has 0 saturated heterocycles. The fourth-order valence-corrected chi connectivity index (χ4v) is 2.38. The second-order valence-corrected chi connectivity index (χ2v) is 5.14. The van der Waals surface area contributed by atoms with Gasteiger partial charge in [0.1, 0.15) is 4.90 Å². The van der Waals surface area contributed by atoms with Gasteiger partial charge in [-0.05, 0) is 19.1 Å². The molecule has 18 heavy (non-hydrogen) atoms. The zero-order valence-electron chi connectivity index (χ0n) is 9.74. The van der Waals surface area contributed by atoms with E-state index in [2.05, 4.69) is 4.72 Å². The van der Waals surface area contributed by atoms with Crippen molar-refractivity contribution in [2.24, 2.45) is 0 Å². The van der Waals surface area contributed by atoms with Crippen LogP contribution in [0.2, 0.25) is 0 Å². The minimum absolute atomic E-state index is 0.0357. The lowest BCUT2D eigenvalue weighted by Gasteiger charge is -2.09. The molecule has 0 unspecified atom stereocenters. The predicted octanol–water partition coefficient (Wildman–Crippen LogP) is 0.862. The van der Waals surface area contributed by atoms with Crippen molar-refractivity contribution in [1.82, 2.24) is 4.72 Å². The van der Waals surface area contributed by atoms with Crippen LogP contribution in [0.5, 0.6) is 0 Å². The summed E-state index contributed by atoms with van der Waals surface area (Å²) in [5.74, 6) is -2.76. The van der Waals surface area contributed by atoms with Crippen molar-refractivity contribution in [1.29, 1.82) is 0 Å². The highest BCUT2D eigenvalue weighted by Crippen LogP contribution is 2.20. The third-order valence-electron chi connectivity index (χ3n) is 2.05. The summed E-state index contributed by atoms with van der Waals surface area (Å²) in [4.78, 5) is -0.809. The molecule has 3 N–H and O–H groups in total. The topological polar surface area (TPSA) is 81.4 Å². The van der Waals surface area contributed by atoms with Crippen LogP contribution in [0.1, 0.15) is 6.92 Å². The lowest BCUT2D eigenvalue weighted by molar-refractivity contribution is 0.153. The van der Waals surface area contributed by atoms with Gasteiger partial charge < -0.3 is 10.5 Å². The average molecular weight is 280 g/mol. The zero-order chi connectivity index (χ0) is 13.8. The summed E-state index contributed by atoms with van der Waals surface area (Å²) in [5.41, 5.74) is 5.11. The van der Waals surface area contributed by atoms with Crippen molar-refractivity contribution in [3.63, 3.8) is 0 Å². The van der Waals surface area contributed by atoms with Crippen LogP contribution in [0.3, 0.4) is 0 Å². The molecule has 0 heterocycles. The number of halogens is 2. The molecule has 1 rings (SSSR count). The van der Waals surface area contributed by atoms with Gasteiger partial charge >= 0.3 is 0 Å². The van der Waals surface area contributed by atoms with Crippen molar-refractivity contribution in [2.75, 3.05) is 25.5 Å². The van der Waals surface area contributed by atoms with Gasteiger partial charge in [0.05, 0.1) is 6.61 Å². The van der Waals surface area contributed by atoms with Crippen LogP contribution in [0, 0.1) is 11.6 Å². The maximum atomic E-state index is 13.4. The maximum absolute atomic E-state index is 13.4. The van der Waals surface area contributed by atoms with Gasteiger partial charge in [0.25, 0.3) is 0 Å². The predicted molar refractivity (Wildman–Crippen MR) is 62.5 cm³/mol. The van der Waals surface area contributed by atoms with Crippen molar-refractivity contribution in [2.45, 2.75) is 11.8 Å². The molecular weight excluding hydrogens is 266 g/mol. The van der Waals surface area contributed by atoms with Crippen LogP contribution in [-0.2, 0) is 14.8 Å². The van der Waals surface area contributed by atoms with E-state index in [0.717, 1.165) is 6.07 Å². The highest BCUT2D eigenvalue weighted by molar-refractivity contribution is 7.89. The average Bonchev–Trinajstić information content (AvgIpc) is 2.29. The Bertz CT molecular complexity index is 520. The molecule has 0 aliphatic heterocycles. The Balaban J connectivity index is 2.91. The highest BCUT2D eigenvalue weighted by Gasteiger charge is 2.22. The second kappa shape index (κ2) is 6.07. The van der Waals surface area contributed by atoms with E-state index in [1.807, 2.05) is 0 Å². The summed E-state index contributed by atoms with van der Waals surface area (Å²) >= 11 is 0. The Morgan fingerprint density at radius 1 is 1.39 bits per heavy atom. The second-order valence-electron chi connectivity index (χ2n) is 3.41. The number of ether oxygens (including phenoxy) is 1. The molecule has 1 aromatic rings. The molecule has 0 aliphatic rings. The number of benzene rings is 1. The molecule has 0 atom stereocenters. The number of nitrogens with one attached hydrogen (secondary N) is 1. The van der Waals surface area contributed by atoms with Gasteiger partial charge in [-0.15, -0.1) is 0 Å². The molecule has 5 nitrogen and oxygen atoms in total. The van der Waals surface area contributed by atoms with Gasteiger partial charge in [-0.3, -0.25) is 0 Å². The molecule has 0 amide bonds. The zero-order valence-corrected chi connectivity index (χ0v) is 10.6. The normalized spacial score (nSPS) is 11.7. The Morgan fingerprint density at radius 2 is 2.06 bits per heavy atom. The molecule has 102 valence electrons. The molecule has 0 saturated carbocycles. The number of nitrogens with two attached hydrogens (primary N) is 1. The van der Waals surface area contributed by atoms with Crippen LogP contribution in [-0.4, -0.2) is 28.2 Å². The van der Waals surface area contributed by atoms with E-state index < -0.39 is 26.6 Å². The molecule has 0 bridgehead atoms. The Hall–Kier alpha value is -1.25. The van der Waals surface area contributed by atoms with Crippen molar-refractivity contribution in [3.05, 3.63) is 23.8 Å². The fourth-order valence-electron chi connectivity index (χ4n) is 1.25. The van der Waals surface area contributed by atoms with Crippen LogP contribution < -0.4 is 10.5 Å². The summed E-state index contributed by atoms with van der Waals surface area (Å²) in [6.45, 7) is 2.29. The lowest BCUT2D eigenvalue weighted by atomic mass is 10.3. The van der Waals surface area contributed by atoms with E-state index in [9.17, 15) is 17.2 Å². The standard InChI is InChI=1S/C10H14F2N2O3S/c1-2-17-4-3-14-18(15,16)9-6-7(13)5-8(11)10(9)12/h5-6,14H,2-4,13H2,1H3. The molecule has 0 fully saturated rings. The van der Waals surface area contributed by atoms with Crippen LogP contribution >= 0.6 is 0 Å². The SMILES string of the molecule is CCOCCNS(=O)(=O)c1cc(N)cc(F)c1F. The summed E-state index contributed by atoms with van der Waals surface area (Å²) in [5, 5.41) is 0. The Labute approximate surface area is 104 Å². The first-order valence-electron chi connectivity index (χ1n) is 5.20. The summed E-state index contributed by atoms with van der Waals surface area (Å²) in [7, 11) is -4.14. The van der Waals surface area contributed by atoms with Crippen LogP contribution in [0.4, 0.5) is 14.5 Å². The van der Waals surface area contributed by atoms with Gasteiger partial charge in [-0.25, -0.2) is 21.9 Å². The first-order chi connectivity index (χ1) is 8.38. The van der Waals surface area contributed by atoms with E-state index in [1.54, 1.807) is 6.92 Å². The number of hydrogen-bond acceptors (Lipinski definition) is 4. The molecule has 0 spiro atoms. The first kappa shape index (κ1) is 14.8. The number of nitrogen functional groups attached to an aromatic ring is 1. The number of sulfonamides is 1. The largest absolute Gasteiger partial charge is 0.399 e. The number of rotatable bonds is 6. The molecular formula is C10H14F2N2O3S. The van der Waals surface area contributed by atoms with Crippen molar-refractivity contribution < 1.29 is 21.9 Å². The monoisotopic (exact) mass is 280 g/mol. The fraction of sp³-hybridized carbons (Fsp3) is 0.400. The Kier molecular flexibility index (Phi) is 5.00. The maximum Gasteiger partial charge on any atom is 0.243 e. The Morgan fingerprint density at radius 3 is 2.67 bits per heavy atom. The van der Waals surface area contributed by atoms with E-state index in [4.69, 9.17) is 10.5 Å². The quantitative estimate of drug-likeness (QED) is 0.598. The van der Waals surface area contributed by atoms with Gasteiger partial charge in [-0.2, -0.15) is 0 Å². The number of hydrogen-bond donors (Lipinski definition) is 2. The summed E-state index contributed by atoms with van der Waals surface area (Å²) in [6, 6.07) is 1.58. The van der Waals surface area contributed by atoms with E-state index in [-0.39, 0.29) is 18.8 Å². The molecule has 0 aromatic heterocycles. The smallest absolute Gasteiger partial charge is 0.243 e. The molecule has 0 radical (unpaired) electrons. The number of anilines is 1. The molecule has 1 aromatic carbocycles. The van der Waals surface area contributed by atoms with Crippen molar-refractivity contribution in [3.8, 4) is 0 Å². The van der Waals surface area contributed by atoms with E-state index in [0.29, 0.717) is 12.7 Å². The van der Waals surface area contributed by atoms with Crippen LogP contribution in [0.15, 0.2) is 17.0 Å². The van der Waals surface area contributed by atoms with Crippen LogP contribution in [0.25, 0.3) is 0 Å². The minimum Gasteiger partial charge on any atom is -0.399 e. The summed E-state index contributed by atoms with van der Waals surface area (Å²) in [6.07, 6.45) is 0. The van der Waals surface area contributed by atoms with Gasteiger partial charge in [0.15, 0.2) is 11.6 Å². The highest BCUT2D eigenvalue weighted by atomic mass is 32.2. The minimum atomic E-state index is -4.14. The van der Waals surface area contributed by atoms with Gasteiger partial charge in [0.2, 0.25) is 10.0 Å². The first-order valence-corrected chi connectivity index (χ1v) is 6.68. The van der Waals surface area contributed by atoms with Gasteiger partial charge in [0, 0.05) is 18.8 Å². The van der Waals surface area contributed by atoms with E-state index >= 15 is 0 Å². The summed E-state index contributed by atoms with van der Waals surface area (Å²) < 4.78 is 56.8. The third kappa shape index (κ3) is 3.62. The van der Waals surface area contributed by atoms with E-state index in [1.165, 1.54) is 0 Å². The third-order valence-corrected chi connectivity index (χ3v) is 3.51. The molecule has 0 aliphatic carbocycles. The van der Waals surface area contributed by atoms with Crippen molar-refractivity contribution >= 4 is 15.7 Å². The lowest BCUT2D eigenvalue weighted by Crippen LogP contribution is -2.28. The molecule has 8 heteroatoms. The van der Waals surface area contributed by atoms with Gasteiger partial charge in [-0.1, -0.05) is 0 Å².